The van der Waals surface area contributed by atoms with Gasteiger partial charge >= 0.3 is 6.61 Å². The molecule has 5 heteroatoms. The summed E-state index contributed by atoms with van der Waals surface area (Å²) in [6, 6.07) is 9.38. The summed E-state index contributed by atoms with van der Waals surface area (Å²) < 4.78 is 28.8. The predicted octanol–water partition coefficient (Wildman–Crippen LogP) is 3.11. The van der Waals surface area contributed by atoms with Crippen LogP contribution in [0, 0.1) is 0 Å². The van der Waals surface area contributed by atoms with Gasteiger partial charge in [-0.05, 0) is 29.8 Å². The Morgan fingerprint density at radius 1 is 1.16 bits per heavy atom. The topological polar surface area (TPSA) is 39.2 Å². The molecule has 1 aromatic heterocycles. The molecule has 0 fully saturated rings. The quantitative estimate of drug-likeness (QED) is 0.778. The number of halogens is 2. The number of rotatable bonds is 5. The van der Waals surface area contributed by atoms with Crippen LogP contribution in [0.2, 0.25) is 0 Å². The van der Waals surface area contributed by atoms with E-state index in [-0.39, 0.29) is 23.5 Å². The maximum absolute atomic E-state index is 12.2. The number of pyridine rings is 1. The number of hydrogen-bond acceptors (Lipinski definition) is 3. The van der Waals surface area contributed by atoms with Crippen molar-refractivity contribution >= 4 is 5.78 Å². The SMILES string of the molecule is O=C(Cc1ccncc1)c1ccccc1OC(F)F. The first kappa shape index (κ1) is 13.1. The average molecular weight is 263 g/mol. The third-order valence-electron chi connectivity index (χ3n) is 2.52. The molecule has 0 saturated carbocycles. The number of carbonyl (C=O) groups excluding carboxylic acids is 1. The highest BCUT2D eigenvalue weighted by molar-refractivity contribution is 5.99. The second-order valence-electron chi connectivity index (χ2n) is 3.83. The Kier molecular flexibility index (Phi) is 4.18. The lowest BCUT2D eigenvalue weighted by Crippen LogP contribution is -2.09. The summed E-state index contributed by atoms with van der Waals surface area (Å²) in [5.74, 6) is -0.376. The number of benzene rings is 1. The number of ether oxygens (including phenoxy) is 1. The number of nitrogens with zero attached hydrogens (tertiary/aromatic N) is 1. The summed E-state index contributed by atoms with van der Waals surface area (Å²) in [7, 11) is 0. The lowest BCUT2D eigenvalue weighted by atomic mass is 10.0. The minimum atomic E-state index is -2.95. The van der Waals surface area contributed by atoms with Crippen molar-refractivity contribution in [3.8, 4) is 5.75 Å². The van der Waals surface area contributed by atoms with E-state index in [0.29, 0.717) is 0 Å². The van der Waals surface area contributed by atoms with Gasteiger partial charge in [0.2, 0.25) is 0 Å². The van der Waals surface area contributed by atoms with Gasteiger partial charge in [-0.15, -0.1) is 0 Å². The molecular formula is C14H11F2NO2. The molecule has 0 unspecified atom stereocenters. The zero-order valence-corrected chi connectivity index (χ0v) is 9.92. The van der Waals surface area contributed by atoms with Gasteiger partial charge in [0.05, 0.1) is 5.56 Å². The number of alkyl halides is 2. The van der Waals surface area contributed by atoms with Crippen molar-refractivity contribution in [2.24, 2.45) is 0 Å². The molecule has 0 amide bonds. The maximum Gasteiger partial charge on any atom is 0.387 e. The second kappa shape index (κ2) is 6.04. The van der Waals surface area contributed by atoms with Crippen LogP contribution < -0.4 is 4.74 Å². The van der Waals surface area contributed by atoms with Crippen LogP contribution in [0.3, 0.4) is 0 Å². The molecule has 1 aromatic carbocycles. The van der Waals surface area contributed by atoms with Crippen molar-refractivity contribution in [2.75, 3.05) is 0 Å². The summed E-state index contributed by atoms with van der Waals surface area (Å²) in [6.45, 7) is -2.95. The maximum atomic E-state index is 12.2. The Balaban J connectivity index is 2.19. The first-order valence-electron chi connectivity index (χ1n) is 5.63. The number of para-hydroxylation sites is 1. The molecule has 19 heavy (non-hydrogen) atoms. The van der Waals surface area contributed by atoms with Crippen molar-refractivity contribution in [1.82, 2.24) is 4.98 Å². The van der Waals surface area contributed by atoms with Crippen molar-refractivity contribution in [3.05, 3.63) is 59.9 Å². The zero-order chi connectivity index (χ0) is 13.7. The molecule has 2 rings (SSSR count). The molecule has 0 spiro atoms. The summed E-state index contributed by atoms with van der Waals surface area (Å²) in [6.07, 6.45) is 3.26. The Labute approximate surface area is 108 Å². The van der Waals surface area contributed by atoms with Crippen LogP contribution in [-0.4, -0.2) is 17.4 Å². The number of hydrogen-bond donors (Lipinski definition) is 0. The van der Waals surface area contributed by atoms with E-state index in [9.17, 15) is 13.6 Å². The van der Waals surface area contributed by atoms with Crippen LogP contribution in [0.5, 0.6) is 5.75 Å². The first-order valence-corrected chi connectivity index (χ1v) is 5.63. The summed E-state index contributed by atoms with van der Waals surface area (Å²) >= 11 is 0. The van der Waals surface area contributed by atoms with Crippen LogP contribution in [-0.2, 0) is 6.42 Å². The molecule has 2 aromatic rings. The number of ketones is 1. The minimum absolute atomic E-state index is 0.100. The van der Waals surface area contributed by atoms with E-state index < -0.39 is 6.61 Å². The van der Waals surface area contributed by atoms with E-state index in [2.05, 4.69) is 9.72 Å². The molecule has 0 aliphatic rings. The minimum Gasteiger partial charge on any atom is -0.434 e. The fourth-order valence-corrected chi connectivity index (χ4v) is 1.68. The van der Waals surface area contributed by atoms with Gasteiger partial charge in [-0.1, -0.05) is 12.1 Å². The third-order valence-corrected chi connectivity index (χ3v) is 2.52. The Hall–Kier alpha value is -2.30. The fraction of sp³-hybridized carbons (Fsp3) is 0.143. The molecule has 3 nitrogen and oxygen atoms in total. The largest absolute Gasteiger partial charge is 0.434 e. The van der Waals surface area contributed by atoms with Crippen LogP contribution in [0.25, 0.3) is 0 Å². The average Bonchev–Trinajstić information content (AvgIpc) is 2.39. The van der Waals surface area contributed by atoms with Crippen LogP contribution in [0.4, 0.5) is 8.78 Å². The lowest BCUT2D eigenvalue weighted by Gasteiger charge is -2.09. The van der Waals surface area contributed by atoms with Gasteiger partial charge in [0.25, 0.3) is 0 Å². The molecule has 98 valence electrons. The summed E-state index contributed by atoms with van der Waals surface area (Å²) in [5, 5.41) is 0. The number of Topliss-reactive ketones (excluding diaryl/α,β-unsaturated/α-hetero) is 1. The lowest BCUT2D eigenvalue weighted by molar-refractivity contribution is -0.0501. The second-order valence-corrected chi connectivity index (χ2v) is 3.83. The van der Waals surface area contributed by atoms with Crippen molar-refractivity contribution in [2.45, 2.75) is 13.0 Å². The van der Waals surface area contributed by atoms with E-state index in [1.54, 1.807) is 36.7 Å². The zero-order valence-electron chi connectivity index (χ0n) is 9.92. The predicted molar refractivity (Wildman–Crippen MR) is 65.3 cm³/mol. The van der Waals surface area contributed by atoms with Crippen molar-refractivity contribution in [3.63, 3.8) is 0 Å². The molecule has 0 N–H and O–H groups in total. The molecule has 1 heterocycles. The van der Waals surface area contributed by atoms with E-state index in [0.717, 1.165) is 5.56 Å². The molecule has 0 radical (unpaired) electrons. The normalized spacial score (nSPS) is 10.5. The smallest absolute Gasteiger partial charge is 0.387 e. The van der Waals surface area contributed by atoms with Gasteiger partial charge in [-0.2, -0.15) is 8.78 Å². The van der Waals surface area contributed by atoms with Crippen LogP contribution >= 0.6 is 0 Å². The third kappa shape index (κ3) is 3.58. The highest BCUT2D eigenvalue weighted by Crippen LogP contribution is 2.21. The van der Waals surface area contributed by atoms with Gasteiger partial charge in [0.15, 0.2) is 5.78 Å². The van der Waals surface area contributed by atoms with Gasteiger partial charge in [-0.25, -0.2) is 0 Å². The highest BCUT2D eigenvalue weighted by Gasteiger charge is 2.15. The molecule has 0 aliphatic heterocycles. The number of carbonyl (C=O) groups is 1. The highest BCUT2D eigenvalue weighted by atomic mass is 19.3. The fourth-order valence-electron chi connectivity index (χ4n) is 1.68. The molecule has 0 bridgehead atoms. The van der Waals surface area contributed by atoms with Gasteiger partial charge in [0.1, 0.15) is 5.75 Å². The molecule has 0 aliphatic carbocycles. The van der Waals surface area contributed by atoms with E-state index in [1.807, 2.05) is 0 Å². The van der Waals surface area contributed by atoms with Crippen molar-refractivity contribution in [1.29, 1.82) is 0 Å². The Bertz CT molecular complexity index is 558. The Morgan fingerprint density at radius 2 is 1.84 bits per heavy atom. The molecule has 0 saturated heterocycles. The standard InChI is InChI=1S/C14H11F2NO2/c15-14(16)19-13-4-2-1-3-11(13)12(18)9-10-5-7-17-8-6-10/h1-8,14H,9H2. The van der Waals surface area contributed by atoms with E-state index in [4.69, 9.17) is 0 Å². The van der Waals surface area contributed by atoms with E-state index >= 15 is 0 Å². The number of aromatic nitrogens is 1. The van der Waals surface area contributed by atoms with Crippen LogP contribution in [0.15, 0.2) is 48.8 Å². The Morgan fingerprint density at radius 3 is 2.53 bits per heavy atom. The van der Waals surface area contributed by atoms with Gasteiger partial charge in [0, 0.05) is 18.8 Å². The summed E-state index contributed by atoms with van der Waals surface area (Å²) in [5.41, 5.74) is 0.923. The van der Waals surface area contributed by atoms with Gasteiger partial charge < -0.3 is 4.74 Å². The van der Waals surface area contributed by atoms with Gasteiger partial charge in [-0.3, -0.25) is 9.78 Å². The molecular weight excluding hydrogens is 252 g/mol. The first-order chi connectivity index (χ1) is 9.16. The van der Waals surface area contributed by atoms with Crippen LogP contribution in [0.1, 0.15) is 15.9 Å². The monoisotopic (exact) mass is 263 g/mol. The van der Waals surface area contributed by atoms with Crippen molar-refractivity contribution < 1.29 is 18.3 Å². The molecule has 0 atom stereocenters. The van der Waals surface area contributed by atoms with E-state index in [1.165, 1.54) is 12.1 Å². The summed E-state index contributed by atoms with van der Waals surface area (Å²) in [4.78, 5) is 15.9.